The van der Waals surface area contributed by atoms with Crippen molar-refractivity contribution < 1.29 is 17.9 Å². The molecule has 20 heavy (non-hydrogen) atoms. The number of aryl methyl sites for hydroxylation is 1. The smallest absolute Gasteiger partial charge is 0.406 e. The summed E-state index contributed by atoms with van der Waals surface area (Å²) in [7, 11) is -1.69. The number of aromatic nitrogens is 1. The lowest BCUT2D eigenvalue weighted by molar-refractivity contribution is -0.274. The van der Waals surface area contributed by atoms with Crippen LogP contribution < -0.4 is 9.92 Å². The van der Waals surface area contributed by atoms with Gasteiger partial charge in [-0.15, -0.1) is 13.2 Å². The third kappa shape index (κ3) is 3.66. The Balaban J connectivity index is 2.47. The largest absolute Gasteiger partial charge is 0.573 e. The predicted molar refractivity (Wildman–Crippen MR) is 81.2 cm³/mol. The van der Waals surface area contributed by atoms with E-state index < -0.39 is 23.0 Å². The van der Waals surface area contributed by atoms with Gasteiger partial charge in [0.05, 0.1) is 9.04 Å². The highest BCUT2D eigenvalue weighted by Gasteiger charge is 2.31. The van der Waals surface area contributed by atoms with Gasteiger partial charge < -0.3 is 9.72 Å². The number of aromatic amines is 1. The molecule has 110 valence electrons. The number of fused-ring (bicyclic) bond motifs is 1. The first kappa shape index (κ1) is 15.2. The van der Waals surface area contributed by atoms with Crippen molar-refractivity contribution in [1.82, 2.24) is 4.98 Å². The van der Waals surface area contributed by atoms with Crippen LogP contribution >= 0.6 is 0 Å². The maximum atomic E-state index is 12.3. The molecule has 1 aromatic carbocycles. The zero-order chi connectivity index (χ0) is 15.1. The van der Waals surface area contributed by atoms with Gasteiger partial charge in [-0.25, -0.2) is 0 Å². The van der Waals surface area contributed by atoms with Gasteiger partial charge in [-0.05, 0) is 30.3 Å². The second-order valence-electron chi connectivity index (χ2n) is 6.22. The Bertz CT molecular complexity index is 629. The van der Waals surface area contributed by atoms with E-state index in [1.54, 1.807) is 6.07 Å². The van der Waals surface area contributed by atoms with Crippen LogP contribution in [0.5, 0.6) is 5.75 Å². The highest BCUT2D eigenvalue weighted by Crippen LogP contribution is 2.26. The fourth-order valence-corrected chi connectivity index (χ4v) is 8.76. The monoisotopic (exact) mass is 317 g/mol. The molecule has 2 rings (SSSR count). The molecule has 0 radical (unpaired) electrons. The van der Waals surface area contributed by atoms with Gasteiger partial charge in [0.1, 0.15) is 5.75 Å². The van der Waals surface area contributed by atoms with E-state index >= 15 is 0 Å². The van der Waals surface area contributed by atoms with Gasteiger partial charge in [-0.1, -0.05) is 19.6 Å². The number of benzene rings is 1. The van der Waals surface area contributed by atoms with Crippen molar-refractivity contribution in [2.45, 2.75) is 32.9 Å². The van der Waals surface area contributed by atoms with Crippen LogP contribution in [0, 0.1) is 6.92 Å². The molecule has 7 heteroatoms. The van der Waals surface area contributed by atoms with E-state index in [2.05, 4.69) is 29.4 Å². The van der Waals surface area contributed by atoms with Gasteiger partial charge >= 0.3 is 6.36 Å². The summed E-state index contributed by atoms with van der Waals surface area (Å²) in [4.78, 5) is 3.26. The van der Waals surface area contributed by atoms with Crippen molar-refractivity contribution in [2.24, 2.45) is 0 Å². The zero-order valence-corrected chi connectivity index (χ0v) is 14.4. The average Bonchev–Trinajstić information content (AvgIpc) is 2.52. The van der Waals surface area contributed by atoms with Crippen molar-refractivity contribution in [3.05, 3.63) is 23.9 Å². The Morgan fingerprint density at radius 1 is 1.20 bits per heavy atom. The number of H-pyrrole nitrogens is 1. The second kappa shape index (κ2) is 4.96. The number of alkyl halides is 3. The Morgan fingerprint density at radius 2 is 1.85 bits per heavy atom. The molecule has 0 saturated carbocycles. The van der Waals surface area contributed by atoms with Crippen molar-refractivity contribution >= 4 is 32.7 Å². The molecule has 0 aliphatic heterocycles. The van der Waals surface area contributed by atoms with Gasteiger partial charge in [-0.3, -0.25) is 0 Å². The number of ether oxygens (including phenoxy) is 1. The third-order valence-corrected chi connectivity index (χ3v) is 9.60. The van der Waals surface area contributed by atoms with Gasteiger partial charge in [-0.2, -0.15) is 0 Å². The van der Waals surface area contributed by atoms with Crippen LogP contribution in [0.3, 0.4) is 0 Å². The standard InChI is InChI=1S/C13H18F3NOSi2/c1-8-12(19-20(2,3)4)10-7-9(18-13(14,15)16)5-6-11(10)17-8/h5-7,17H,19H2,1-4H3. The quantitative estimate of drug-likeness (QED) is 0.865. The summed E-state index contributed by atoms with van der Waals surface area (Å²) < 4.78 is 40.9. The van der Waals surface area contributed by atoms with Crippen LogP contribution in [-0.2, 0) is 0 Å². The first-order valence-electron chi connectivity index (χ1n) is 6.42. The Kier molecular flexibility index (Phi) is 3.76. The fraction of sp³-hybridized carbons (Fsp3) is 0.385. The van der Waals surface area contributed by atoms with Crippen LogP contribution in [0.15, 0.2) is 18.2 Å². The molecule has 0 atom stereocenters. The minimum Gasteiger partial charge on any atom is -0.406 e. The summed E-state index contributed by atoms with van der Waals surface area (Å²) in [5.41, 5.74) is 1.97. The number of hydrogen-bond acceptors (Lipinski definition) is 1. The predicted octanol–water partition coefficient (Wildman–Crippen LogP) is 3.00. The minimum absolute atomic E-state index is 0.144. The molecule has 0 aliphatic rings. The van der Waals surface area contributed by atoms with E-state index in [4.69, 9.17) is 0 Å². The molecule has 0 amide bonds. The number of halogens is 3. The highest BCUT2D eigenvalue weighted by molar-refractivity contribution is 7.28. The van der Waals surface area contributed by atoms with Crippen LogP contribution in [-0.4, -0.2) is 28.0 Å². The third-order valence-electron chi connectivity index (χ3n) is 3.03. The molecular formula is C13H18F3NOSi2. The van der Waals surface area contributed by atoms with Crippen molar-refractivity contribution in [3.8, 4) is 5.75 Å². The normalized spacial score (nSPS) is 13.6. The summed E-state index contributed by atoms with van der Waals surface area (Å²) >= 11 is 0. The molecule has 0 unspecified atom stereocenters. The van der Waals surface area contributed by atoms with E-state index in [0.29, 0.717) is 0 Å². The van der Waals surface area contributed by atoms with Crippen molar-refractivity contribution in [3.63, 3.8) is 0 Å². The first-order chi connectivity index (χ1) is 9.05. The lowest BCUT2D eigenvalue weighted by atomic mass is 10.2. The van der Waals surface area contributed by atoms with E-state index in [0.717, 1.165) is 16.6 Å². The van der Waals surface area contributed by atoms with Gasteiger partial charge in [0.15, 0.2) is 0 Å². The summed E-state index contributed by atoms with van der Waals surface area (Å²) in [6.07, 6.45) is -4.64. The topological polar surface area (TPSA) is 25.0 Å². The molecule has 0 bridgehead atoms. The molecule has 2 nitrogen and oxygen atoms in total. The van der Waals surface area contributed by atoms with Crippen LogP contribution in [0.4, 0.5) is 13.2 Å². The lowest BCUT2D eigenvalue weighted by Crippen LogP contribution is -2.39. The molecule has 1 aromatic heterocycles. The summed E-state index contributed by atoms with van der Waals surface area (Å²) in [5.74, 6) is -0.144. The molecule has 0 aliphatic carbocycles. The molecular weight excluding hydrogens is 299 g/mol. The van der Waals surface area contributed by atoms with Crippen molar-refractivity contribution in [1.29, 1.82) is 0 Å². The van der Waals surface area contributed by atoms with E-state index in [9.17, 15) is 13.2 Å². The number of rotatable bonds is 3. The Hall–Kier alpha value is -1.22. The fourth-order valence-electron chi connectivity index (χ4n) is 2.32. The van der Waals surface area contributed by atoms with Crippen LogP contribution in [0.2, 0.25) is 19.6 Å². The Labute approximate surface area is 119 Å². The van der Waals surface area contributed by atoms with Gasteiger partial charge in [0, 0.05) is 24.2 Å². The van der Waals surface area contributed by atoms with E-state index in [1.165, 1.54) is 17.3 Å². The summed E-state index contributed by atoms with van der Waals surface area (Å²) in [5, 5.41) is 2.13. The molecule has 1 N–H and O–H groups in total. The molecule has 1 heterocycles. The number of hydrogen-bond donors (Lipinski definition) is 1. The van der Waals surface area contributed by atoms with Crippen LogP contribution in [0.1, 0.15) is 5.69 Å². The van der Waals surface area contributed by atoms with Gasteiger partial charge in [0.25, 0.3) is 0 Å². The zero-order valence-electron chi connectivity index (χ0n) is 12.0. The second-order valence-corrected chi connectivity index (χ2v) is 19.8. The van der Waals surface area contributed by atoms with Crippen LogP contribution in [0.25, 0.3) is 10.9 Å². The summed E-state index contributed by atoms with van der Waals surface area (Å²) in [6, 6.07) is 4.52. The van der Waals surface area contributed by atoms with E-state index in [-0.39, 0.29) is 5.75 Å². The highest BCUT2D eigenvalue weighted by atomic mass is 29.2. The molecule has 0 spiro atoms. The minimum atomic E-state index is -4.64. The average molecular weight is 317 g/mol. The molecule has 0 saturated heterocycles. The SMILES string of the molecule is Cc1[nH]c2ccc(OC(F)(F)F)cc2c1[SiH2][Si](C)(C)C. The maximum Gasteiger partial charge on any atom is 0.573 e. The summed E-state index contributed by atoms with van der Waals surface area (Å²) in [6.45, 7) is 8.89. The van der Waals surface area contributed by atoms with Crippen molar-refractivity contribution in [2.75, 3.05) is 0 Å². The lowest BCUT2D eigenvalue weighted by Gasteiger charge is -2.15. The number of nitrogens with one attached hydrogen (secondary N) is 1. The maximum absolute atomic E-state index is 12.3. The Morgan fingerprint density at radius 3 is 2.40 bits per heavy atom. The first-order valence-corrected chi connectivity index (χ1v) is 13.0. The van der Waals surface area contributed by atoms with Gasteiger partial charge in [0.2, 0.25) is 0 Å². The molecule has 0 fully saturated rings. The molecule has 2 aromatic rings. The van der Waals surface area contributed by atoms with E-state index in [1.807, 2.05) is 6.92 Å².